The standard InChI is InChI=1S/C22H19FN6O/c1-13-20-17(21(28(2)27-20)15-9-16(23)12-24-11-15)5-8-29(13)22(30)14-3-4-18-19(10-14)26-7-6-25-18/h3-4,6-7,9-13H,5,8H2,1-2H3/t13-/m0/s1. The van der Waals surface area contributed by atoms with Gasteiger partial charge in [0.1, 0.15) is 5.82 Å². The molecule has 1 aliphatic rings. The van der Waals surface area contributed by atoms with Gasteiger partial charge in [-0.1, -0.05) is 0 Å². The Morgan fingerprint density at radius 2 is 1.93 bits per heavy atom. The number of hydrogen-bond acceptors (Lipinski definition) is 5. The molecule has 1 amide bonds. The zero-order chi connectivity index (χ0) is 20.8. The first kappa shape index (κ1) is 18.4. The van der Waals surface area contributed by atoms with Gasteiger partial charge in [-0.2, -0.15) is 5.10 Å². The van der Waals surface area contributed by atoms with Crippen molar-refractivity contribution in [2.75, 3.05) is 6.54 Å². The van der Waals surface area contributed by atoms with E-state index in [9.17, 15) is 9.18 Å². The Balaban J connectivity index is 1.50. The number of hydrogen-bond donors (Lipinski definition) is 0. The van der Waals surface area contributed by atoms with E-state index in [2.05, 4.69) is 20.1 Å². The molecule has 5 rings (SSSR count). The summed E-state index contributed by atoms with van der Waals surface area (Å²) in [7, 11) is 1.83. The van der Waals surface area contributed by atoms with E-state index in [0.717, 1.165) is 22.5 Å². The molecule has 0 fully saturated rings. The second kappa shape index (κ2) is 6.98. The van der Waals surface area contributed by atoms with Crippen molar-refractivity contribution in [3.8, 4) is 11.3 Å². The van der Waals surface area contributed by atoms with Crippen LogP contribution in [-0.2, 0) is 13.5 Å². The van der Waals surface area contributed by atoms with Gasteiger partial charge < -0.3 is 4.90 Å². The highest BCUT2D eigenvalue weighted by molar-refractivity contribution is 5.97. The highest BCUT2D eigenvalue weighted by Gasteiger charge is 2.33. The molecule has 0 bridgehead atoms. The van der Waals surface area contributed by atoms with E-state index in [1.54, 1.807) is 35.4 Å². The third-order valence-corrected chi connectivity index (χ3v) is 5.60. The van der Waals surface area contributed by atoms with E-state index < -0.39 is 0 Å². The second-order valence-corrected chi connectivity index (χ2v) is 7.41. The topological polar surface area (TPSA) is 76.8 Å². The van der Waals surface area contributed by atoms with E-state index in [-0.39, 0.29) is 17.8 Å². The van der Waals surface area contributed by atoms with Crippen LogP contribution in [0.3, 0.4) is 0 Å². The SMILES string of the molecule is C[C@H]1c2nn(C)c(-c3cncc(F)c3)c2CCN1C(=O)c1ccc2nccnc2c1. The lowest BCUT2D eigenvalue weighted by molar-refractivity contribution is 0.0674. The maximum Gasteiger partial charge on any atom is 0.254 e. The molecule has 7 nitrogen and oxygen atoms in total. The molecule has 0 aliphatic carbocycles. The summed E-state index contributed by atoms with van der Waals surface area (Å²) in [6.07, 6.45) is 6.70. The molecular weight excluding hydrogens is 383 g/mol. The first-order valence-corrected chi connectivity index (χ1v) is 9.71. The van der Waals surface area contributed by atoms with Crippen LogP contribution in [0.1, 0.15) is 34.6 Å². The number of fused-ring (bicyclic) bond motifs is 2. The van der Waals surface area contributed by atoms with Crippen molar-refractivity contribution >= 4 is 16.9 Å². The highest BCUT2D eigenvalue weighted by atomic mass is 19.1. The molecule has 0 saturated heterocycles. The summed E-state index contributed by atoms with van der Waals surface area (Å²) in [5.41, 5.74) is 5.41. The Labute approximate surface area is 172 Å². The largest absolute Gasteiger partial charge is 0.330 e. The van der Waals surface area contributed by atoms with Crippen LogP contribution in [0, 0.1) is 5.82 Å². The van der Waals surface area contributed by atoms with Crippen LogP contribution < -0.4 is 0 Å². The van der Waals surface area contributed by atoms with E-state index in [1.165, 1.54) is 12.3 Å². The van der Waals surface area contributed by atoms with Gasteiger partial charge in [-0.3, -0.25) is 24.4 Å². The van der Waals surface area contributed by atoms with Crippen molar-refractivity contribution in [1.82, 2.24) is 29.6 Å². The number of carbonyl (C=O) groups excluding carboxylic acids is 1. The number of nitrogens with zero attached hydrogens (tertiary/aromatic N) is 6. The fourth-order valence-corrected chi connectivity index (χ4v) is 4.19. The molecule has 0 radical (unpaired) electrons. The zero-order valence-corrected chi connectivity index (χ0v) is 16.6. The summed E-state index contributed by atoms with van der Waals surface area (Å²) in [6.45, 7) is 2.52. The minimum Gasteiger partial charge on any atom is -0.330 e. The molecular formula is C22H19FN6O. The van der Waals surface area contributed by atoms with Crippen LogP contribution in [0.5, 0.6) is 0 Å². The van der Waals surface area contributed by atoms with Gasteiger partial charge in [0.15, 0.2) is 0 Å². The Morgan fingerprint density at radius 1 is 1.13 bits per heavy atom. The molecule has 4 heterocycles. The predicted octanol–water partition coefficient (Wildman–Crippen LogP) is 3.32. The van der Waals surface area contributed by atoms with Crippen molar-refractivity contribution in [1.29, 1.82) is 0 Å². The second-order valence-electron chi connectivity index (χ2n) is 7.41. The van der Waals surface area contributed by atoms with Crippen LogP contribution >= 0.6 is 0 Å². The van der Waals surface area contributed by atoms with Gasteiger partial charge >= 0.3 is 0 Å². The third kappa shape index (κ3) is 2.92. The summed E-state index contributed by atoms with van der Waals surface area (Å²) >= 11 is 0. The molecule has 150 valence electrons. The molecule has 4 aromatic rings. The molecule has 1 atom stereocenters. The van der Waals surface area contributed by atoms with Gasteiger partial charge in [-0.05, 0) is 37.6 Å². The normalized spacial score (nSPS) is 16.0. The molecule has 0 saturated carbocycles. The number of amides is 1. The van der Waals surface area contributed by atoms with E-state index in [1.807, 2.05) is 24.9 Å². The number of benzene rings is 1. The van der Waals surface area contributed by atoms with Crippen molar-refractivity contribution in [3.63, 3.8) is 0 Å². The summed E-state index contributed by atoms with van der Waals surface area (Å²) < 4.78 is 15.5. The summed E-state index contributed by atoms with van der Waals surface area (Å²) in [5.74, 6) is -0.456. The van der Waals surface area contributed by atoms with Crippen LogP contribution in [0.2, 0.25) is 0 Å². The minimum absolute atomic E-state index is 0.0691. The molecule has 3 aromatic heterocycles. The summed E-state index contributed by atoms with van der Waals surface area (Å²) in [4.78, 5) is 27.6. The monoisotopic (exact) mass is 402 g/mol. The minimum atomic E-state index is -0.387. The van der Waals surface area contributed by atoms with E-state index >= 15 is 0 Å². The lowest BCUT2D eigenvalue weighted by Crippen LogP contribution is -2.38. The number of carbonyl (C=O) groups is 1. The number of pyridine rings is 1. The maximum absolute atomic E-state index is 13.7. The Kier molecular flexibility index (Phi) is 4.27. The average molecular weight is 402 g/mol. The van der Waals surface area contributed by atoms with Crippen LogP contribution in [0.4, 0.5) is 4.39 Å². The molecule has 0 unspecified atom stereocenters. The first-order valence-electron chi connectivity index (χ1n) is 9.71. The molecule has 0 N–H and O–H groups in total. The summed E-state index contributed by atoms with van der Waals surface area (Å²) in [5, 5.41) is 4.66. The van der Waals surface area contributed by atoms with Gasteiger partial charge in [0, 0.05) is 48.9 Å². The van der Waals surface area contributed by atoms with E-state index in [0.29, 0.717) is 29.6 Å². The lowest BCUT2D eigenvalue weighted by Gasteiger charge is -2.33. The molecule has 8 heteroatoms. The highest BCUT2D eigenvalue weighted by Crippen LogP contribution is 2.36. The van der Waals surface area contributed by atoms with Crippen LogP contribution in [-0.4, -0.2) is 42.1 Å². The number of aryl methyl sites for hydroxylation is 1. The number of aromatic nitrogens is 5. The van der Waals surface area contributed by atoms with Crippen LogP contribution in [0.25, 0.3) is 22.3 Å². The van der Waals surface area contributed by atoms with Gasteiger partial charge in [0.25, 0.3) is 5.91 Å². The van der Waals surface area contributed by atoms with Crippen molar-refractivity contribution < 1.29 is 9.18 Å². The Bertz CT molecular complexity index is 1280. The number of halogens is 1. The van der Waals surface area contributed by atoms with Gasteiger partial charge in [0.2, 0.25) is 0 Å². The van der Waals surface area contributed by atoms with Crippen molar-refractivity contribution in [2.24, 2.45) is 7.05 Å². The molecule has 0 spiro atoms. The Morgan fingerprint density at radius 3 is 2.73 bits per heavy atom. The lowest BCUT2D eigenvalue weighted by atomic mass is 9.95. The predicted molar refractivity (Wildman–Crippen MR) is 109 cm³/mol. The molecule has 1 aliphatic heterocycles. The van der Waals surface area contributed by atoms with Crippen LogP contribution in [0.15, 0.2) is 49.1 Å². The van der Waals surface area contributed by atoms with Gasteiger partial charge in [0.05, 0.1) is 34.7 Å². The summed E-state index contributed by atoms with van der Waals surface area (Å²) in [6, 6.07) is 6.62. The maximum atomic E-state index is 13.7. The zero-order valence-electron chi connectivity index (χ0n) is 16.6. The van der Waals surface area contributed by atoms with Gasteiger partial charge in [-0.15, -0.1) is 0 Å². The number of rotatable bonds is 2. The smallest absolute Gasteiger partial charge is 0.254 e. The van der Waals surface area contributed by atoms with Gasteiger partial charge in [-0.25, -0.2) is 4.39 Å². The Hall–Kier alpha value is -3.68. The average Bonchev–Trinajstić information content (AvgIpc) is 3.10. The molecule has 30 heavy (non-hydrogen) atoms. The first-order chi connectivity index (χ1) is 14.5. The quantitative estimate of drug-likeness (QED) is 0.514. The van der Waals surface area contributed by atoms with Crippen molar-refractivity contribution in [3.05, 3.63) is 71.7 Å². The molecule has 1 aromatic carbocycles. The third-order valence-electron chi connectivity index (χ3n) is 5.60. The fourth-order valence-electron chi connectivity index (χ4n) is 4.19. The van der Waals surface area contributed by atoms with Crippen molar-refractivity contribution in [2.45, 2.75) is 19.4 Å². The van der Waals surface area contributed by atoms with E-state index in [4.69, 9.17) is 0 Å². The fraction of sp³-hybridized carbons (Fsp3) is 0.227.